The molecule has 14 nitrogen and oxygen atoms in total. The Morgan fingerprint density at radius 2 is 1.78 bits per heavy atom. The molecule has 2 atom stereocenters. The average molecular weight is 718 g/mol. The number of nitrogens with one attached hydrogen (secondary N) is 2. The van der Waals surface area contributed by atoms with Crippen LogP contribution in [0.1, 0.15) is 16.7 Å². The third kappa shape index (κ3) is 9.25. The van der Waals surface area contributed by atoms with Gasteiger partial charge in [-0.15, -0.1) is 6.58 Å². The second-order valence-electron chi connectivity index (χ2n) is 11.6. The van der Waals surface area contributed by atoms with Gasteiger partial charge < -0.3 is 39.4 Å². The number of phosphoric ester groups is 1. The van der Waals surface area contributed by atoms with Gasteiger partial charge in [0.25, 0.3) is 0 Å². The summed E-state index contributed by atoms with van der Waals surface area (Å²) in [6.45, 7) is 4.91. The maximum absolute atomic E-state index is 14.3. The van der Waals surface area contributed by atoms with Crippen molar-refractivity contribution in [3.8, 4) is 5.75 Å². The van der Waals surface area contributed by atoms with Crippen LogP contribution in [-0.2, 0) is 33.7 Å². The standard InChI is InChI=1S/C33H36N7O7P.2Na/c1-2-17-38-22-30(41)39-28(18-23-11-13-27(14-12-23)47-48(44,45)46)32(42)37(20-26-10-6-9-25-15-16-35-36-31(25)26)21-29(39)40(38)33(43)34-19-24-7-4-3-5-8-24;;/h2-15,28-29,35H,1,16-22H2,(H,34,43)(H2,44,45,46);;/q;2*+1/p-2/t28-,29-;;/m0../s1. The molecule has 2 N–H and O–H groups in total. The van der Waals surface area contributed by atoms with Gasteiger partial charge in [0.1, 0.15) is 25.8 Å². The van der Waals surface area contributed by atoms with Crippen molar-refractivity contribution >= 4 is 31.7 Å². The number of hydrogen-bond acceptors (Lipinski definition) is 10. The fraction of sp³-hybridized carbons (Fsp3) is 0.273. The molecule has 2 saturated heterocycles. The molecule has 0 radical (unpaired) electrons. The van der Waals surface area contributed by atoms with Crippen molar-refractivity contribution in [2.75, 3.05) is 26.2 Å². The first-order valence-corrected chi connectivity index (χ1v) is 16.8. The van der Waals surface area contributed by atoms with Gasteiger partial charge >= 0.3 is 65.1 Å². The smallest absolute Gasteiger partial charge is 0.780 e. The monoisotopic (exact) mass is 717 g/mol. The van der Waals surface area contributed by atoms with Crippen LogP contribution in [0.5, 0.6) is 5.75 Å². The van der Waals surface area contributed by atoms with Crippen LogP contribution >= 0.6 is 7.82 Å². The molecule has 0 saturated carbocycles. The normalized spacial score (nSPS) is 18.6. The number of para-hydroxylation sites is 1. The SMILES string of the molecule is C=CCN1CC(=O)N2[C@@H](Cc3ccc(OP(=O)([O-])[O-])cc3)C(=O)N(Cc3cccc4c3=NNCC=4)C[C@@H]2N1C(=O)NCc1ccccc1.[Na+].[Na+]. The maximum Gasteiger partial charge on any atom is 1.00 e. The van der Waals surface area contributed by atoms with Crippen molar-refractivity contribution in [2.24, 2.45) is 5.10 Å². The van der Waals surface area contributed by atoms with E-state index in [1.54, 1.807) is 16.0 Å². The number of phosphoric acid groups is 1. The third-order valence-corrected chi connectivity index (χ3v) is 8.78. The molecule has 50 heavy (non-hydrogen) atoms. The Balaban J connectivity index is 0.00000281. The summed E-state index contributed by atoms with van der Waals surface area (Å²) in [5.74, 6) is -0.827. The van der Waals surface area contributed by atoms with Crippen molar-refractivity contribution in [2.45, 2.75) is 31.7 Å². The van der Waals surface area contributed by atoms with Crippen LogP contribution in [0, 0.1) is 0 Å². The predicted octanol–water partition coefficient (Wildman–Crippen LogP) is -6.44. The Hall–Kier alpha value is -3.01. The van der Waals surface area contributed by atoms with E-state index in [2.05, 4.69) is 26.9 Å². The van der Waals surface area contributed by atoms with E-state index in [9.17, 15) is 28.7 Å². The van der Waals surface area contributed by atoms with Crippen molar-refractivity contribution in [1.82, 2.24) is 30.6 Å². The quantitative estimate of drug-likeness (QED) is 0.118. The van der Waals surface area contributed by atoms with Crippen molar-refractivity contribution < 1.29 is 92.4 Å². The van der Waals surface area contributed by atoms with Crippen molar-refractivity contribution in [3.63, 3.8) is 0 Å². The molecule has 0 spiro atoms. The van der Waals surface area contributed by atoms with Gasteiger partial charge in [0.05, 0.1) is 25.0 Å². The summed E-state index contributed by atoms with van der Waals surface area (Å²) in [6.07, 6.45) is 2.81. The van der Waals surface area contributed by atoms with Gasteiger partial charge in [0, 0.05) is 31.3 Å². The molecule has 2 fully saturated rings. The van der Waals surface area contributed by atoms with Crippen molar-refractivity contribution in [1.29, 1.82) is 0 Å². The van der Waals surface area contributed by atoms with Crippen molar-refractivity contribution in [3.05, 3.63) is 113 Å². The summed E-state index contributed by atoms with van der Waals surface area (Å²) in [5, 5.41) is 12.2. The van der Waals surface area contributed by atoms with Crippen LogP contribution in [0.4, 0.5) is 4.79 Å². The van der Waals surface area contributed by atoms with Gasteiger partial charge in [-0.3, -0.25) is 9.59 Å². The molecule has 3 aliphatic rings. The minimum Gasteiger partial charge on any atom is -0.780 e. The number of nitrogens with zero attached hydrogens (tertiary/aromatic N) is 5. The van der Waals surface area contributed by atoms with Crippen LogP contribution < -0.4 is 94.7 Å². The summed E-state index contributed by atoms with van der Waals surface area (Å²) < 4.78 is 15.5. The number of amides is 4. The predicted molar refractivity (Wildman–Crippen MR) is 170 cm³/mol. The number of carbonyl (C=O) groups is 3. The molecule has 3 heterocycles. The third-order valence-electron chi connectivity index (χ3n) is 8.35. The zero-order valence-corrected chi connectivity index (χ0v) is 32.8. The topological polar surface area (TPSA) is 173 Å². The Bertz CT molecular complexity index is 1880. The molecular weight excluding hydrogens is 683 g/mol. The van der Waals surface area contributed by atoms with Gasteiger partial charge in [-0.1, -0.05) is 72.8 Å². The largest absolute Gasteiger partial charge is 1.00 e. The number of hydrazine groups is 1. The molecule has 6 rings (SSSR count). The fourth-order valence-corrected chi connectivity index (χ4v) is 6.64. The number of benzene rings is 3. The first-order valence-electron chi connectivity index (χ1n) is 15.4. The van der Waals surface area contributed by atoms with Gasteiger partial charge in [0.15, 0.2) is 0 Å². The van der Waals surface area contributed by atoms with Gasteiger partial charge in [-0.2, -0.15) is 5.10 Å². The first kappa shape index (κ1) is 39.8. The molecule has 3 aromatic carbocycles. The molecule has 0 aromatic heterocycles. The number of fused-ring (bicyclic) bond motifs is 2. The van der Waals surface area contributed by atoms with E-state index < -0.39 is 26.1 Å². The summed E-state index contributed by atoms with van der Waals surface area (Å²) in [4.78, 5) is 67.4. The molecule has 0 bridgehead atoms. The Kier molecular flexibility index (Phi) is 13.9. The van der Waals surface area contributed by atoms with Crippen LogP contribution in [0.15, 0.2) is 90.6 Å². The summed E-state index contributed by atoms with van der Waals surface area (Å²) >= 11 is 0. The minimum atomic E-state index is -5.26. The van der Waals surface area contributed by atoms with Crippen LogP contribution in [0.3, 0.4) is 0 Å². The summed E-state index contributed by atoms with van der Waals surface area (Å²) in [5.41, 5.74) is 5.25. The Morgan fingerprint density at radius 1 is 1.04 bits per heavy atom. The molecular formula is C33H34N7Na2O7P. The minimum absolute atomic E-state index is 0. The molecule has 3 aromatic rings. The van der Waals surface area contributed by atoms with E-state index in [-0.39, 0.29) is 116 Å². The second-order valence-corrected chi connectivity index (χ2v) is 12.6. The van der Waals surface area contributed by atoms with E-state index in [0.29, 0.717) is 17.5 Å². The van der Waals surface area contributed by atoms with E-state index in [1.807, 2.05) is 54.6 Å². The molecule has 17 heteroatoms. The number of urea groups is 1. The van der Waals surface area contributed by atoms with Gasteiger partial charge in [-0.05, 0) is 28.8 Å². The van der Waals surface area contributed by atoms with E-state index in [1.165, 1.54) is 34.2 Å². The number of rotatable bonds is 10. The number of hydrogen-bond donors (Lipinski definition) is 2. The van der Waals surface area contributed by atoms with Gasteiger partial charge in [0.2, 0.25) is 11.8 Å². The van der Waals surface area contributed by atoms with Crippen LogP contribution in [-0.4, -0.2) is 76.0 Å². The Labute approximate surface area is 333 Å². The number of piperazine rings is 1. The molecule has 0 unspecified atom stereocenters. The Morgan fingerprint density at radius 3 is 2.48 bits per heavy atom. The first-order chi connectivity index (χ1) is 23.1. The molecule has 250 valence electrons. The van der Waals surface area contributed by atoms with Crippen LogP contribution in [0.25, 0.3) is 6.08 Å². The molecule has 3 aliphatic heterocycles. The number of carbonyl (C=O) groups excluding carboxylic acids is 3. The van der Waals surface area contributed by atoms with Gasteiger partial charge in [-0.25, -0.2) is 14.8 Å². The van der Waals surface area contributed by atoms with E-state index in [4.69, 9.17) is 0 Å². The zero-order valence-electron chi connectivity index (χ0n) is 27.9. The molecule has 0 aliphatic carbocycles. The molecule has 4 amide bonds. The second kappa shape index (κ2) is 17.5. The summed E-state index contributed by atoms with van der Waals surface area (Å²) in [7, 11) is -5.26. The zero-order chi connectivity index (χ0) is 33.8. The van der Waals surface area contributed by atoms with E-state index >= 15 is 0 Å². The summed E-state index contributed by atoms with van der Waals surface area (Å²) in [6, 6.07) is 19.4. The van der Waals surface area contributed by atoms with Crippen LogP contribution in [0.2, 0.25) is 0 Å². The average Bonchev–Trinajstić information content (AvgIpc) is 3.06. The van der Waals surface area contributed by atoms with E-state index in [0.717, 1.165) is 16.3 Å². The fourth-order valence-electron chi connectivity index (χ4n) is 6.26. The maximum atomic E-state index is 14.3.